The number of carbonyl (C=O) groups is 1. The van der Waals surface area contributed by atoms with Crippen molar-refractivity contribution >= 4 is 11.9 Å². The first-order valence-corrected chi connectivity index (χ1v) is 8.13. The number of rotatable bonds is 11. The summed E-state index contributed by atoms with van der Waals surface area (Å²) in [5.41, 5.74) is 17.0. The molecular weight excluding hydrogens is 322 g/mol. The Balaban J connectivity index is 2.55. The fourth-order valence-corrected chi connectivity index (χ4v) is 2.40. The summed E-state index contributed by atoms with van der Waals surface area (Å²) in [6.45, 7) is 1.03. The van der Waals surface area contributed by atoms with Crippen molar-refractivity contribution in [2.75, 3.05) is 20.1 Å². The van der Waals surface area contributed by atoms with Crippen LogP contribution in [0.3, 0.4) is 0 Å². The van der Waals surface area contributed by atoms with Gasteiger partial charge in [0.1, 0.15) is 5.75 Å². The number of amides is 1. The molecule has 25 heavy (non-hydrogen) atoms. The monoisotopic (exact) mass is 351 g/mol. The molecule has 9 nitrogen and oxygen atoms in total. The molecule has 2 atom stereocenters. The highest BCUT2D eigenvalue weighted by Crippen LogP contribution is 2.11. The number of guanidine groups is 1. The van der Waals surface area contributed by atoms with Gasteiger partial charge >= 0.3 is 0 Å². The summed E-state index contributed by atoms with van der Waals surface area (Å²) >= 11 is 0. The molecular formula is C16H29N7O2. The van der Waals surface area contributed by atoms with E-state index in [1.165, 1.54) is 0 Å². The number of benzene rings is 1. The third kappa shape index (κ3) is 8.34. The molecule has 10 N–H and O–H groups in total. The maximum atomic E-state index is 11.7. The molecule has 0 aliphatic rings. The van der Waals surface area contributed by atoms with E-state index in [1.54, 1.807) is 36.3 Å². The summed E-state index contributed by atoms with van der Waals surface area (Å²) < 4.78 is 0. The van der Waals surface area contributed by atoms with Gasteiger partial charge in [-0.3, -0.25) is 15.6 Å². The van der Waals surface area contributed by atoms with E-state index in [0.717, 1.165) is 18.4 Å². The van der Waals surface area contributed by atoms with E-state index in [9.17, 15) is 9.90 Å². The average molecular weight is 351 g/mol. The molecule has 1 rings (SSSR count). The largest absolute Gasteiger partial charge is 0.508 e. The molecule has 0 spiro atoms. The Morgan fingerprint density at radius 1 is 1.28 bits per heavy atom. The maximum absolute atomic E-state index is 11.7. The summed E-state index contributed by atoms with van der Waals surface area (Å²) in [6.07, 6.45) is 1.97. The Kier molecular flexibility index (Phi) is 8.68. The minimum Gasteiger partial charge on any atom is -0.508 e. The zero-order valence-electron chi connectivity index (χ0n) is 14.6. The highest BCUT2D eigenvalue weighted by atomic mass is 16.3. The van der Waals surface area contributed by atoms with Crippen LogP contribution >= 0.6 is 0 Å². The number of phenolic OH excluding ortho intramolecular Hbond substituents is 1. The van der Waals surface area contributed by atoms with Crippen LogP contribution in [0.2, 0.25) is 0 Å². The van der Waals surface area contributed by atoms with Gasteiger partial charge in [0.25, 0.3) is 0 Å². The summed E-state index contributed by atoms with van der Waals surface area (Å²) in [5.74, 6) is 5.68. The SMILES string of the molecule is CN(N)[C@@H](CCCN=C(N)N)CN[C@@H](Cc1ccc(O)cc1)C(N)=O. The standard InChI is InChI=1S/C16H29N7O2/c1-23(20)12(3-2-8-21-16(18)19)10-22-14(15(17)25)9-11-4-6-13(24)7-5-11/h4-7,12,14,22,24H,2-3,8-10,20H2,1H3,(H2,17,25)(H4,18,19,21)/t12-,14-/m0/s1. The van der Waals surface area contributed by atoms with Crippen LogP contribution in [0, 0.1) is 0 Å². The van der Waals surface area contributed by atoms with Crippen molar-refractivity contribution in [3.05, 3.63) is 29.8 Å². The van der Waals surface area contributed by atoms with Crippen molar-refractivity contribution in [3.63, 3.8) is 0 Å². The van der Waals surface area contributed by atoms with Crippen LogP contribution in [0.25, 0.3) is 0 Å². The van der Waals surface area contributed by atoms with Crippen LogP contribution in [-0.4, -0.2) is 54.2 Å². The topological polar surface area (TPSA) is 169 Å². The van der Waals surface area contributed by atoms with Crippen LogP contribution in [0.5, 0.6) is 5.75 Å². The Bertz CT molecular complexity index is 556. The van der Waals surface area contributed by atoms with Gasteiger partial charge in [0.05, 0.1) is 6.04 Å². The van der Waals surface area contributed by atoms with Crippen LogP contribution < -0.4 is 28.4 Å². The number of nitrogens with zero attached hydrogens (tertiary/aromatic N) is 2. The lowest BCUT2D eigenvalue weighted by molar-refractivity contribution is -0.120. The number of aromatic hydroxyl groups is 1. The molecule has 0 aromatic heterocycles. The summed E-state index contributed by atoms with van der Waals surface area (Å²) in [5, 5.41) is 14.1. The molecule has 0 radical (unpaired) electrons. The van der Waals surface area contributed by atoms with Crippen molar-refractivity contribution < 1.29 is 9.90 Å². The lowest BCUT2D eigenvalue weighted by Gasteiger charge is -2.26. The first kappa shape index (κ1) is 20.7. The molecule has 1 amide bonds. The van der Waals surface area contributed by atoms with E-state index >= 15 is 0 Å². The van der Waals surface area contributed by atoms with Gasteiger partial charge in [0.2, 0.25) is 5.91 Å². The zero-order valence-corrected chi connectivity index (χ0v) is 14.6. The maximum Gasteiger partial charge on any atom is 0.234 e. The number of likely N-dealkylation sites (N-methyl/N-ethyl adjacent to an activating group) is 1. The molecule has 1 aromatic rings. The van der Waals surface area contributed by atoms with E-state index in [4.69, 9.17) is 23.0 Å². The predicted octanol–water partition coefficient (Wildman–Crippen LogP) is -1.39. The molecule has 0 unspecified atom stereocenters. The number of primary amides is 1. The van der Waals surface area contributed by atoms with Crippen molar-refractivity contribution in [1.82, 2.24) is 10.3 Å². The summed E-state index contributed by atoms with van der Waals surface area (Å²) in [7, 11) is 1.77. The second-order valence-corrected chi connectivity index (χ2v) is 6.00. The van der Waals surface area contributed by atoms with Gasteiger partial charge in [-0.15, -0.1) is 0 Å². The number of phenols is 1. The first-order valence-electron chi connectivity index (χ1n) is 8.13. The fraction of sp³-hybridized carbons (Fsp3) is 0.500. The number of carbonyl (C=O) groups excluding carboxylic acids is 1. The van der Waals surface area contributed by atoms with E-state index in [-0.39, 0.29) is 17.8 Å². The fourth-order valence-electron chi connectivity index (χ4n) is 2.40. The third-order valence-electron chi connectivity index (χ3n) is 3.89. The van der Waals surface area contributed by atoms with Crippen molar-refractivity contribution in [2.45, 2.75) is 31.3 Å². The third-order valence-corrected chi connectivity index (χ3v) is 3.89. The van der Waals surface area contributed by atoms with Gasteiger partial charge in [-0.1, -0.05) is 12.1 Å². The van der Waals surface area contributed by atoms with Crippen molar-refractivity contribution in [1.29, 1.82) is 0 Å². The highest BCUT2D eigenvalue weighted by Gasteiger charge is 2.19. The molecule has 0 saturated carbocycles. The van der Waals surface area contributed by atoms with E-state index in [2.05, 4.69) is 10.3 Å². The number of nitrogens with two attached hydrogens (primary N) is 4. The average Bonchev–Trinajstić information content (AvgIpc) is 2.53. The summed E-state index contributed by atoms with van der Waals surface area (Å²) in [6, 6.07) is 6.16. The minimum absolute atomic E-state index is 0.0101. The Morgan fingerprint density at radius 3 is 2.44 bits per heavy atom. The molecule has 0 bridgehead atoms. The number of aliphatic imine (C=N–C) groups is 1. The molecule has 0 aliphatic carbocycles. The normalized spacial score (nSPS) is 13.4. The van der Waals surface area contributed by atoms with E-state index in [1.807, 2.05) is 0 Å². The van der Waals surface area contributed by atoms with E-state index in [0.29, 0.717) is 19.5 Å². The van der Waals surface area contributed by atoms with Gasteiger partial charge in [-0.25, -0.2) is 5.01 Å². The van der Waals surface area contributed by atoms with Crippen LogP contribution in [0.1, 0.15) is 18.4 Å². The number of nitrogens with one attached hydrogen (secondary N) is 1. The van der Waals surface area contributed by atoms with Crippen LogP contribution in [0.4, 0.5) is 0 Å². The van der Waals surface area contributed by atoms with Crippen LogP contribution in [-0.2, 0) is 11.2 Å². The first-order chi connectivity index (χ1) is 11.8. The number of hydrazine groups is 1. The second kappa shape index (κ2) is 10.5. The minimum atomic E-state index is -0.523. The molecule has 0 aliphatic heterocycles. The Hall–Kier alpha value is -2.36. The lowest BCUT2D eigenvalue weighted by Crippen LogP contribution is -2.50. The Morgan fingerprint density at radius 2 is 1.92 bits per heavy atom. The van der Waals surface area contributed by atoms with Gasteiger partial charge < -0.3 is 27.6 Å². The lowest BCUT2D eigenvalue weighted by atomic mass is 10.0. The van der Waals surface area contributed by atoms with Gasteiger partial charge in [-0.2, -0.15) is 0 Å². The van der Waals surface area contributed by atoms with Gasteiger partial charge in [0, 0.05) is 26.2 Å². The molecule has 140 valence electrons. The summed E-state index contributed by atoms with van der Waals surface area (Å²) in [4.78, 5) is 15.6. The van der Waals surface area contributed by atoms with Gasteiger partial charge in [-0.05, 0) is 37.0 Å². The molecule has 0 heterocycles. The zero-order chi connectivity index (χ0) is 18.8. The number of hydrogen-bond donors (Lipinski definition) is 6. The van der Waals surface area contributed by atoms with Crippen molar-refractivity contribution in [2.24, 2.45) is 28.0 Å². The molecule has 9 heteroatoms. The quantitative estimate of drug-likeness (QED) is 0.0936. The smallest absolute Gasteiger partial charge is 0.234 e. The molecule has 0 fully saturated rings. The van der Waals surface area contributed by atoms with Gasteiger partial charge in [0.15, 0.2) is 5.96 Å². The second-order valence-electron chi connectivity index (χ2n) is 6.00. The number of hydrogen-bond acceptors (Lipinski definition) is 6. The van der Waals surface area contributed by atoms with Crippen LogP contribution in [0.15, 0.2) is 29.3 Å². The van der Waals surface area contributed by atoms with Crippen molar-refractivity contribution in [3.8, 4) is 5.75 Å². The highest BCUT2D eigenvalue weighted by molar-refractivity contribution is 5.80. The van der Waals surface area contributed by atoms with E-state index < -0.39 is 11.9 Å². The predicted molar refractivity (Wildman–Crippen MR) is 98.4 cm³/mol. The molecule has 1 aromatic carbocycles. The Labute approximate surface area is 148 Å². The molecule has 0 saturated heterocycles.